The van der Waals surface area contributed by atoms with E-state index in [1.165, 1.54) is 25.7 Å². The van der Waals surface area contributed by atoms with Gasteiger partial charge >= 0.3 is 0 Å². The minimum atomic E-state index is -0.0479. The molecule has 1 amide bonds. The largest absolute Gasteiger partial charge is 0.286 e. The van der Waals surface area contributed by atoms with Crippen molar-refractivity contribution in [3.63, 3.8) is 0 Å². The van der Waals surface area contributed by atoms with Gasteiger partial charge in [-0.1, -0.05) is 72.1 Å². The van der Waals surface area contributed by atoms with E-state index in [4.69, 9.17) is 0 Å². The van der Waals surface area contributed by atoms with Crippen LogP contribution in [-0.4, -0.2) is 22.7 Å². The Morgan fingerprint density at radius 1 is 0.850 bits per heavy atom. The molecule has 3 heteroatoms. The first-order valence-electron chi connectivity index (χ1n) is 8.67. The van der Waals surface area contributed by atoms with Crippen molar-refractivity contribution in [2.75, 3.05) is 6.54 Å². The zero-order valence-corrected chi connectivity index (χ0v) is 13.9. The second-order valence-corrected chi connectivity index (χ2v) is 5.86. The molecule has 20 heavy (non-hydrogen) atoms. The number of hydroxylamine groups is 2. The van der Waals surface area contributed by atoms with Crippen LogP contribution in [0.2, 0.25) is 0 Å². The van der Waals surface area contributed by atoms with Crippen molar-refractivity contribution in [3.8, 4) is 0 Å². The van der Waals surface area contributed by atoms with Crippen LogP contribution < -0.4 is 0 Å². The minimum Gasteiger partial charge on any atom is -0.286 e. The Bertz CT molecular complexity index is 221. The quantitative estimate of drug-likeness (QED) is 0.288. The van der Waals surface area contributed by atoms with Crippen molar-refractivity contribution in [2.45, 2.75) is 91.4 Å². The lowest BCUT2D eigenvalue weighted by atomic mass is 9.94. The number of hydrogen-bond acceptors (Lipinski definition) is 2. The predicted octanol–water partition coefficient (Wildman–Crippen LogP) is 5.17. The molecule has 0 saturated heterocycles. The van der Waals surface area contributed by atoms with Crippen molar-refractivity contribution in [1.29, 1.82) is 0 Å². The molecule has 0 unspecified atom stereocenters. The van der Waals surface area contributed by atoms with Crippen LogP contribution in [0.3, 0.4) is 0 Å². The number of rotatable bonds is 13. The zero-order valence-electron chi connectivity index (χ0n) is 13.9. The van der Waals surface area contributed by atoms with E-state index in [0.717, 1.165) is 50.0 Å². The molecule has 0 aromatic carbocycles. The average Bonchev–Trinajstić information content (AvgIpc) is 2.45. The second-order valence-electron chi connectivity index (χ2n) is 5.86. The lowest BCUT2D eigenvalue weighted by Gasteiger charge is -2.22. The number of carbonyl (C=O) groups excluding carboxylic acids is 1. The zero-order chi connectivity index (χ0) is 15.2. The molecule has 0 atom stereocenters. The first-order valence-corrected chi connectivity index (χ1v) is 8.67. The second kappa shape index (κ2) is 13.4. The molecule has 0 saturated carbocycles. The molecular weight excluding hydrogens is 250 g/mol. The Morgan fingerprint density at radius 2 is 1.30 bits per heavy atom. The number of nitrogens with zero attached hydrogens (tertiary/aromatic N) is 1. The molecule has 0 radical (unpaired) electrons. The molecule has 0 aliphatic carbocycles. The van der Waals surface area contributed by atoms with Crippen LogP contribution >= 0.6 is 0 Å². The van der Waals surface area contributed by atoms with Gasteiger partial charge in [0.05, 0.1) is 0 Å². The predicted molar refractivity (Wildman–Crippen MR) is 84.8 cm³/mol. The Labute approximate surface area is 125 Å². The summed E-state index contributed by atoms with van der Waals surface area (Å²) in [5.74, 6) is -0.0203. The average molecular weight is 285 g/mol. The van der Waals surface area contributed by atoms with E-state index >= 15 is 0 Å². The molecule has 3 nitrogen and oxygen atoms in total. The van der Waals surface area contributed by atoms with E-state index in [1.807, 2.05) is 0 Å². The Morgan fingerprint density at radius 3 is 1.75 bits per heavy atom. The van der Waals surface area contributed by atoms with Crippen molar-refractivity contribution in [3.05, 3.63) is 0 Å². The van der Waals surface area contributed by atoms with E-state index in [0.29, 0.717) is 6.54 Å². The van der Waals surface area contributed by atoms with E-state index in [2.05, 4.69) is 20.8 Å². The van der Waals surface area contributed by atoms with Crippen LogP contribution in [0.5, 0.6) is 0 Å². The lowest BCUT2D eigenvalue weighted by molar-refractivity contribution is -0.171. The molecule has 0 aliphatic rings. The van der Waals surface area contributed by atoms with Crippen LogP contribution in [0.15, 0.2) is 0 Å². The highest BCUT2D eigenvalue weighted by atomic mass is 16.5. The molecule has 0 fully saturated rings. The smallest absolute Gasteiger partial charge is 0.249 e. The molecular formula is C17H35NO2. The van der Waals surface area contributed by atoms with Crippen LogP contribution in [0, 0.1) is 5.92 Å². The van der Waals surface area contributed by atoms with Crippen molar-refractivity contribution in [1.82, 2.24) is 5.06 Å². The maximum atomic E-state index is 12.3. The number of hydrogen-bond donors (Lipinski definition) is 1. The molecule has 0 aromatic heterocycles. The van der Waals surface area contributed by atoms with E-state index in [9.17, 15) is 10.0 Å². The number of carbonyl (C=O) groups is 1. The molecule has 1 N–H and O–H groups in total. The highest BCUT2D eigenvalue weighted by molar-refractivity contribution is 5.77. The molecule has 0 heterocycles. The first kappa shape index (κ1) is 19.4. The molecule has 0 aliphatic heterocycles. The Hall–Kier alpha value is -0.570. The summed E-state index contributed by atoms with van der Waals surface area (Å²) in [5.41, 5.74) is 0. The summed E-state index contributed by atoms with van der Waals surface area (Å²) < 4.78 is 0. The Balaban J connectivity index is 4.21. The maximum absolute atomic E-state index is 12.3. The summed E-state index contributed by atoms with van der Waals surface area (Å²) in [7, 11) is 0. The van der Waals surface area contributed by atoms with Gasteiger partial charge < -0.3 is 0 Å². The van der Waals surface area contributed by atoms with Gasteiger partial charge in [-0.05, 0) is 19.3 Å². The van der Waals surface area contributed by atoms with Gasteiger partial charge in [-0.15, -0.1) is 0 Å². The topological polar surface area (TPSA) is 40.5 Å². The van der Waals surface area contributed by atoms with Gasteiger partial charge in [-0.2, -0.15) is 0 Å². The van der Waals surface area contributed by atoms with E-state index < -0.39 is 0 Å². The van der Waals surface area contributed by atoms with E-state index in [1.54, 1.807) is 0 Å². The van der Waals surface area contributed by atoms with Crippen LogP contribution in [0.25, 0.3) is 0 Å². The van der Waals surface area contributed by atoms with E-state index in [-0.39, 0.29) is 11.8 Å². The number of unbranched alkanes of at least 4 members (excludes halogenated alkanes) is 6. The maximum Gasteiger partial charge on any atom is 0.249 e. The summed E-state index contributed by atoms with van der Waals surface area (Å²) >= 11 is 0. The van der Waals surface area contributed by atoms with Crippen molar-refractivity contribution >= 4 is 5.91 Å². The highest BCUT2D eigenvalue weighted by Gasteiger charge is 2.22. The van der Waals surface area contributed by atoms with Gasteiger partial charge in [0.25, 0.3) is 0 Å². The SMILES string of the molecule is CCCCCC(CCCCC)C(=O)N(O)CCCCC. The monoisotopic (exact) mass is 285 g/mol. The van der Waals surface area contributed by atoms with Crippen LogP contribution in [-0.2, 0) is 4.79 Å². The fourth-order valence-corrected chi connectivity index (χ4v) is 2.51. The van der Waals surface area contributed by atoms with Gasteiger partial charge in [-0.3, -0.25) is 10.0 Å². The van der Waals surface area contributed by atoms with Crippen molar-refractivity contribution < 1.29 is 10.0 Å². The lowest BCUT2D eigenvalue weighted by Crippen LogP contribution is -2.34. The molecule has 0 aromatic rings. The van der Waals surface area contributed by atoms with Gasteiger partial charge in [0.1, 0.15) is 0 Å². The standard InChI is InChI=1S/C17H35NO2/c1-4-7-10-13-16(14-11-8-5-2)17(19)18(20)15-12-9-6-3/h16,20H,4-15H2,1-3H3. The van der Waals surface area contributed by atoms with Gasteiger partial charge in [0, 0.05) is 12.5 Å². The molecule has 0 rings (SSSR count). The fraction of sp³-hybridized carbons (Fsp3) is 0.941. The summed E-state index contributed by atoms with van der Waals surface area (Å²) in [6.45, 7) is 6.97. The van der Waals surface area contributed by atoms with Crippen molar-refractivity contribution in [2.24, 2.45) is 5.92 Å². The summed E-state index contributed by atoms with van der Waals surface area (Å²) in [4.78, 5) is 12.3. The molecule has 120 valence electrons. The normalized spacial score (nSPS) is 11.1. The third-order valence-electron chi connectivity index (χ3n) is 3.89. The minimum absolute atomic E-state index is 0.0275. The molecule has 0 spiro atoms. The van der Waals surface area contributed by atoms with Gasteiger partial charge in [0.2, 0.25) is 5.91 Å². The fourth-order valence-electron chi connectivity index (χ4n) is 2.51. The summed E-state index contributed by atoms with van der Waals surface area (Å²) in [6.07, 6.45) is 11.8. The van der Waals surface area contributed by atoms with Crippen LogP contribution in [0.4, 0.5) is 0 Å². The highest BCUT2D eigenvalue weighted by Crippen LogP contribution is 2.20. The first-order chi connectivity index (χ1) is 9.67. The van der Waals surface area contributed by atoms with Crippen LogP contribution in [0.1, 0.15) is 91.4 Å². The Kier molecular flexibility index (Phi) is 13.0. The molecule has 0 bridgehead atoms. The summed E-state index contributed by atoms with van der Waals surface area (Å²) in [6, 6.07) is 0. The third kappa shape index (κ3) is 9.35. The van der Waals surface area contributed by atoms with Gasteiger partial charge in [0.15, 0.2) is 0 Å². The van der Waals surface area contributed by atoms with Gasteiger partial charge in [-0.25, -0.2) is 5.06 Å². The number of amides is 1. The third-order valence-corrected chi connectivity index (χ3v) is 3.89. The summed E-state index contributed by atoms with van der Waals surface area (Å²) in [5, 5.41) is 10.9.